The summed E-state index contributed by atoms with van der Waals surface area (Å²) >= 11 is 0. The molecule has 0 aliphatic rings. The van der Waals surface area contributed by atoms with Crippen LogP contribution in [0.5, 0.6) is 0 Å². The van der Waals surface area contributed by atoms with Crippen LogP contribution in [0.1, 0.15) is 64.7 Å². The number of rotatable bonds is 17. The Kier molecular flexibility index (Phi) is 13.6. The Labute approximate surface area is 167 Å². The van der Waals surface area contributed by atoms with E-state index in [9.17, 15) is 13.2 Å². The van der Waals surface area contributed by atoms with Gasteiger partial charge in [0.05, 0.1) is 39.0 Å². The number of nitrogens with zero attached hydrogens (tertiary/aromatic N) is 2. The van der Waals surface area contributed by atoms with Crippen LogP contribution in [0.2, 0.25) is 0 Å². The van der Waals surface area contributed by atoms with Crippen molar-refractivity contribution in [3.05, 3.63) is 12.7 Å². The van der Waals surface area contributed by atoms with Gasteiger partial charge >= 0.3 is 0 Å². The molecule has 0 aliphatic carbocycles. The minimum atomic E-state index is -3.92. The van der Waals surface area contributed by atoms with Crippen molar-refractivity contribution >= 4 is 16.0 Å². The molecule has 1 atom stereocenters. The van der Waals surface area contributed by atoms with Crippen LogP contribution in [-0.2, 0) is 14.9 Å². The van der Waals surface area contributed by atoms with Gasteiger partial charge in [0.25, 0.3) is 10.1 Å². The Hall–Kier alpha value is -0.920. The molecule has 0 radical (unpaired) electrons. The molecule has 0 rings (SSSR count). The molecule has 6 nitrogen and oxygen atoms in total. The molecule has 0 bridgehead atoms. The summed E-state index contributed by atoms with van der Waals surface area (Å²) in [5.41, 5.74) is 0. The van der Waals surface area contributed by atoms with Gasteiger partial charge in [0.2, 0.25) is 5.91 Å². The van der Waals surface area contributed by atoms with Crippen LogP contribution < -0.4 is 0 Å². The second-order valence-electron chi connectivity index (χ2n) is 7.87. The van der Waals surface area contributed by atoms with E-state index in [0.717, 1.165) is 19.5 Å². The van der Waals surface area contributed by atoms with E-state index in [1.54, 1.807) is 11.9 Å². The van der Waals surface area contributed by atoms with Gasteiger partial charge in [0.15, 0.2) is 0 Å². The van der Waals surface area contributed by atoms with E-state index < -0.39 is 10.1 Å². The fraction of sp³-hybridized carbons (Fsp3) is 0.850. The summed E-state index contributed by atoms with van der Waals surface area (Å²) in [4.78, 5) is 13.3. The fourth-order valence-electron chi connectivity index (χ4n) is 3.25. The molecule has 0 heterocycles. The molecule has 0 aromatic rings. The lowest BCUT2D eigenvalue weighted by atomic mass is 10.1. The van der Waals surface area contributed by atoms with Gasteiger partial charge in [-0.3, -0.25) is 9.35 Å². The van der Waals surface area contributed by atoms with E-state index in [2.05, 4.69) is 20.6 Å². The van der Waals surface area contributed by atoms with Crippen LogP contribution in [0.4, 0.5) is 0 Å². The molecule has 27 heavy (non-hydrogen) atoms. The van der Waals surface area contributed by atoms with Gasteiger partial charge in [-0.1, -0.05) is 52.0 Å². The Bertz CT molecular complexity index is 522. The third kappa shape index (κ3) is 14.8. The molecule has 1 N–H and O–H groups in total. The van der Waals surface area contributed by atoms with Gasteiger partial charge in [0.1, 0.15) is 0 Å². The van der Waals surface area contributed by atoms with E-state index in [1.807, 2.05) is 0 Å². The van der Waals surface area contributed by atoms with Crippen LogP contribution in [0.25, 0.3) is 0 Å². The van der Waals surface area contributed by atoms with E-state index in [4.69, 9.17) is 4.55 Å². The third-order valence-electron chi connectivity index (χ3n) is 5.18. The molecule has 1 amide bonds. The summed E-state index contributed by atoms with van der Waals surface area (Å²) in [5.74, 6) is -0.314. The largest absolute Gasteiger partial charge is 0.337 e. The summed E-state index contributed by atoms with van der Waals surface area (Å²) in [7, 11) is -0.0619. The maximum atomic E-state index is 11.7. The first-order chi connectivity index (χ1) is 12.6. The molecule has 0 spiro atoms. The molecule has 0 aromatic heterocycles. The molecule has 7 heteroatoms. The number of hydrogen-bond donors (Lipinski definition) is 1. The molecule has 0 aliphatic heterocycles. The first-order valence-corrected chi connectivity index (χ1v) is 11.9. The average Bonchev–Trinajstić information content (AvgIpc) is 2.60. The second kappa shape index (κ2) is 14.1. The highest BCUT2D eigenvalue weighted by molar-refractivity contribution is 7.85. The molecule has 160 valence electrons. The van der Waals surface area contributed by atoms with E-state index in [0.29, 0.717) is 24.0 Å². The smallest absolute Gasteiger partial charge is 0.265 e. The first-order valence-electron chi connectivity index (χ1n) is 10.3. The SMILES string of the molecule is C=CC(=O)N(C)CC[N+](C)(CCCCCCCCCC)CCCS(=O)(=O)O. The zero-order valence-electron chi connectivity index (χ0n) is 17.7. The second-order valence-corrected chi connectivity index (χ2v) is 9.44. The number of unbranched alkanes of at least 4 members (excludes halogenated alkanes) is 7. The van der Waals surface area contributed by atoms with Gasteiger partial charge in [0, 0.05) is 13.5 Å². The lowest BCUT2D eigenvalue weighted by Crippen LogP contribution is -2.50. The molecular weight excluding hydrogens is 364 g/mol. The Morgan fingerprint density at radius 3 is 2.04 bits per heavy atom. The molecule has 0 saturated heterocycles. The quantitative estimate of drug-likeness (QED) is 0.174. The van der Waals surface area contributed by atoms with Crippen molar-refractivity contribution in [2.24, 2.45) is 0 Å². The number of likely N-dealkylation sites (N-methyl/N-ethyl adjacent to an activating group) is 2. The topological polar surface area (TPSA) is 74.7 Å². The summed E-state index contributed by atoms with van der Waals surface area (Å²) in [6.07, 6.45) is 11.7. The zero-order valence-corrected chi connectivity index (χ0v) is 18.5. The lowest BCUT2D eigenvalue weighted by Gasteiger charge is -2.36. The Balaban J connectivity index is 4.41. The highest BCUT2D eigenvalue weighted by Crippen LogP contribution is 2.13. The summed E-state index contributed by atoms with van der Waals surface area (Å²) in [6.45, 7) is 8.72. The molecular formula is C20H41N2O4S+. The molecule has 0 aromatic carbocycles. The van der Waals surface area contributed by atoms with Gasteiger partial charge in [-0.25, -0.2) is 0 Å². The first kappa shape index (κ1) is 26.1. The lowest BCUT2D eigenvalue weighted by molar-refractivity contribution is -0.909. The monoisotopic (exact) mass is 405 g/mol. The zero-order chi connectivity index (χ0) is 20.8. The number of carbonyl (C=O) groups is 1. The predicted octanol–water partition coefficient (Wildman–Crippen LogP) is 3.50. The third-order valence-corrected chi connectivity index (χ3v) is 5.98. The summed E-state index contributed by atoms with van der Waals surface area (Å²) < 4.78 is 31.7. The van der Waals surface area contributed by atoms with E-state index in [-0.39, 0.29) is 11.7 Å². The van der Waals surface area contributed by atoms with E-state index >= 15 is 0 Å². The molecule has 1 unspecified atom stereocenters. The number of hydrogen-bond acceptors (Lipinski definition) is 3. The fourth-order valence-corrected chi connectivity index (χ4v) is 3.74. The highest BCUT2D eigenvalue weighted by Gasteiger charge is 2.23. The van der Waals surface area contributed by atoms with Gasteiger partial charge < -0.3 is 9.38 Å². The van der Waals surface area contributed by atoms with Gasteiger partial charge in [-0.05, 0) is 18.9 Å². The van der Waals surface area contributed by atoms with Crippen LogP contribution >= 0.6 is 0 Å². The molecule has 0 fully saturated rings. The summed E-state index contributed by atoms with van der Waals surface area (Å²) in [5, 5.41) is 0. The van der Waals surface area contributed by atoms with Crippen molar-refractivity contribution < 1.29 is 22.2 Å². The number of amides is 1. The maximum Gasteiger partial charge on any atom is 0.265 e. The number of carbonyl (C=O) groups excluding carboxylic acids is 1. The molecule has 0 saturated carbocycles. The maximum absolute atomic E-state index is 11.7. The van der Waals surface area contributed by atoms with Crippen molar-refractivity contribution in [2.45, 2.75) is 64.7 Å². The van der Waals surface area contributed by atoms with Crippen molar-refractivity contribution in [1.82, 2.24) is 4.90 Å². The normalized spacial score (nSPS) is 13.9. The Morgan fingerprint density at radius 1 is 1.00 bits per heavy atom. The predicted molar refractivity (Wildman–Crippen MR) is 112 cm³/mol. The van der Waals surface area contributed by atoms with Crippen molar-refractivity contribution in [2.75, 3.05) is 46.0 Å². The van der Waals surface area contributed by atoms with Crippen molar-refractivity contribution in [3.63, 3.8) is 0 Å². The minimum Gasteiger partial charge on any atom is -0.337 e. The van der Waals surface area contributed by atoms with Gasteiger partial charge in [-0.2, -0.15) is 8.42 Å². The number of quaternary nitrogens is 1. The van der Waals surface area contributed by atoms with Crippen molar-refractivity contribution in [3.8, 4) is 0 Å². The van der Waals surface area contributed by atoms with E-state index in [1.165, 1.54) is 51.0 Å². The van der Waals surface area contributed by atoms with Crippen molar-refractivity contribution in [1.29, 1.82) is 0 Å². The van der Waals surface area contributed by atoms with Crippen LogP contribution in [0.3, 0.4) is 0 Å². The van der Waals surface area contributed by atoms with Crippen LogP contribution in [-0.4, -0.2) is 74.3 Å². The van der Waals surface area contributed by atoms with Gasteiger partial charge in [-0.15, -0.1) is 0 Å². The standard InChI is InChI=1S/C20H40N2O4S/c1-5-7-8-9-10-11-12-13-16-22(4,17-14-19-27(24,25)26)18-15-21(3)20(23)6-2/h6H,2,5,7-19H2,1,3-4H3/p+1. The highest BCUT2D eigenvalue weighted by atomic mass is 32.2. The minimum absolute atomic E-state index is 0.105. The van der Waals surface area contributed by atoms with Crippen LogP contribution in [0.15, 0.2) is 12.7 Å². The summed E-state index contributed by atoms with van der Waals surface area (Å²) in [6, 6.07) is 0. The van der Waals surface area contributed by atoms with Crippen LogP contribution in [0, 0.1) is 0 Å². The Morgan fingerprint density at radius 2 is 1.52 bits per heavy atom. The average molecular weight is 406 g/mol.